The van der Waals surface area contributed by atoms with Gasteiger partial charge in [0.1, 0.15) is 11.9 Å². The molecule has 7 heteroatoms. The first-order valence-corrected chi connectivity index (χ1v) is 8.96. The lowest BCUT2D eigenvalue weighted by molar-refractivity contribution is -0.132. The number of amidine groups is 1. The first-order valence-electron chi connectivity index (χ1n) is 7.48. The van der Waals surface area contributed by atoms with Crippen LogP contribution in [0, 0.1) is 0 Å². The summed E-state index contributed by atoms with van der Waals surface area (Å²) < 4.78 is 26.5. The van der Waals surface area contributed by atoms with Crippen molar-refractivity contribution in [3.63, 3.8) is 0 Å². The molecule has 0 bridgehead atoms. The fraction of sp³-hybridized carbons (Fsp3) is 0.467. The van der Waals surface area contributed by atoms with Crippen LogP contribution in [0.15, 0.2) is 34.2 Å². The molecule has 0 saturated carbocycles. The van der Waals surface area contributed by atoms with Crippen LogP contribution in [0.25, 0.3) is 0 Å². The van der Waals surface area contributed by atoms with Gasteiger partial charge in [-0.05, 0) is 38.3 Å². The van der Waals surface area contributed by atoms with Crippen LogP contribution in [0.2, 0.25) is 0 Å². The third kappa shape index (κ3) is 2.72. The molecule has 1 N–H and O–H groups in total. The largest absolute Gasteiger partial charge is 0.341 e. The molecule has 1 amide bonds. The van der Waals surface area contributed by atoms with Crippen molar-refractivity contribution in [2.24, 2.45) is 4.99 Å². The van der Waals surface area contributed by atoms with E-state index in [0.29, 0.717) is 5.56 Å². The Morgan fingerprint density at radius 2 is 1.91 bits per heavy atom. The second-order valence-electron chi connectivity index (χ2n) is 5.64. The van der Waals surface area contributed by atoms with Gasteiger partial charge in [0.15, 0.2) is 0 Å². The Kier molecular flexibility index (Phi) is 3.90. The SMILES string of the molecule is C[C@H](N=C1NS(=O)(=O)c2ccccc21)C(=O)N1CCCCC1. The average molecular weight is 321 g/mol. The third-order valence-electron chi connectivity index (χ3n) is 4.01. The normalized spacial score (nSPS) is 23.0. The van der Waals surface area contributed by atoms with Crippen molar-refractivity contribution in [1.82, 2.24) is 9.62 Å². The van der Waals surface area contributed by atoms with Gasteiger partial charge in [0.25, 0.3) is 10.0 Å². The molecule has 0 spiro atoms. The van der Waals surface area contributed by atoms with Crippen LogP contribution in [-0.2, 0) is 14.8 Å². The monoisotopic (exact) mass is 321 g/mol. The zero-order valence-corrected chi connectivity index (χ0v) is 13.3. The summed E-state index contributed by atoms with van der Waals surface area (Å²) in [5, 5.41) is 0. The highest BCUT2D eigenvalue weighted by atomic mass is 32.2. The first kappa shape index (κ1) is 15.0. The number of piperidine rings is 1. The van der Waals surface area contributed by atoms with Gasteiger partial charge in [-0.15, -0.1) is 0 Å². The maximum absolute atomic E-state index is 12.4. The van der Waals surface area contributed by atoms with Gasteiger partial charge >= 0.3 is 0 Å². The van der Waals surface area contributed by atoms with Crippen LogP contribution in [0.3, 0.4) is 0 Å². The highest BCUT2D eigenvalue weighted by Gasteiger charge is 2.31. The Labute approximate surface area is 130 Å². The molecule has 0 aliphatic carbocycles. The number of benzene rings is 1. The number of hydrogen-bond donors (Lipinski definition) is 1. The number of carbonyl (C=O) groups is 1. The predicted molar refractivity (Wildman–Crippen MR) is 83.2 cm³/mol. The lowest BCUT2D eigenvalue weighted by Crippen LogP contribution is -2.41. The Hall–Kier alpha value is -1.89. The number of likely N-dealkylation sites (tertiary alicyclic amines) is 1. The van der Waals surface area contributed by atoms with E-state index < -0.39 is 16.1 Å². The predicted octanol–water partition coefficient (Wildman–Crippen LogP) is 1.13. The van der Waals surface area contributed by atoms with E-state index in [2.05, 4.69) is 9.71 Å². The molecule has 1 aromatic rings. The molecule has 0 aromatic heterocycles. The second kappa shape index (κ2) is 5.72. The third-order valence-corrected chi connectivity index (χ3v) is 5.41. The van der Waals surface area contributed by atoms with Gasteiger partial charge in [-0.1, -0.05) is 12.1 Å². The molecule has 2 aliphatic heterocycles. The number of aliphatic imine (C=N–C) groups is 1. The maximum Gasteiger partial charge on any atom is 0.263 e. The summed E-state index contributed by atoms with van der Waals surface area (Å²) in [7, 11) is -3.56. The van der Waals surface area contributed by atoms with Crippen molar-refractivity contribution in [1.29, 1.82) is 0 Å². The number of carbonyl (C=O) groups excluding carboxylic acids is 1. The molecule has 6 nitrogen and oxygen atoms in total. The minimum absolute atomic E-state index is 0.0456. The van der Waals surface area contributed by atoms with E-state index in [0.717, 1.165) is 32.4 Å². The Morgan fingerprint density at radius 1 is 1.23 bits per heavy atom. The zero-order chi connectivity index (χ0) is 15.7. The lowest BCUT2D eigenvalue weighted by Gasteiger charge is -2.28. The number of fused-ring (bicyclic) bond motifs is 1. The molecular formula is C15H19N3O3S. The average Bonchev–Trinajstić information content (AvgIpc) is 2.79. The Bertz CT molecular complexity index is 721. The van der Waals surface area contributed by atoms with Gasteiger partial charge in [0.2, 0.25) is 5.91 Å². The molecule has 22 heavy (non-hydrogen) atoms. The molecule has 1 aromatic carbocycles. The minimum Gasteiger partial charge on any atom is -0.341 e. The van der Waals surface area contributed by atoms with Crippen LogP contribution in [0.5, 0.6) is 0 Å². The summed E-state index contributed by atoms with van der Waals surface area (Å²) in [5.41, 5.74) is 0.529. The lowest BCUT2D eigenvalue weighted by atomic mass is 10.1. The van der Waals surface area contributed by atoms with Crippen LogP contribution in [0.1, 0.15) is 31.7 Å². The van der Waals surface area contributed by atoms with Crippen molar-refractivity contribution < 1.29 is 13.2 Å². The summed E-state index contributed by atoms with van der Waals surface area (Å²) in [6, 6.07) is 6.07. The van der Waals surface area contributed by atoms with Crippen molar-refractivity contribution >= 4 is 21.8 Å². The van der Waals surface area contributed by atoms with Crippen molar-refractivity contribution in [3.8, 4) is 0 Å². The van der Waals surface area contributed by atoms with Crippen LogP contribution < -0.4 is 4.72 Å². The van der Waals surface area contributed by atoms with Gasteiger partial charge in [0, 0.05) is 18.7 Å². The molecule has 118 valence electrons. The van der Waals surface area contributed by atoms with Gasteiger partial charge in [-0.3, -0.25) is 14.5 Å². The summed E-state index contributed by atoms with van der Waals surface area (Å²) in [6.45, 7) is 3.23. The summed E-state index contributed by atoms with van der Waals surface area (Å²) >= 11 is 0. The van der Waals surface area contributed by atoms with Crippen molar-refractivity contribution in [2.45, 2.75) is 37.1 Å². The highest BCUT2D eigenvalue weighted by molar-refractivity contribution is 7.90. The quantitative estimate of drug-likeness (QED) is 0.887. The standard InChI is InChI=1S/C15H19N3O3S/c1-11(15(19)18-9-5-2-6-10-18)16-14-12-7-3-4-8-13(12)22(20,21)17-14/h3-4,7-8,11H,2,5-6,9-10H2,1H3,(H,16,17)/t11-/m0/s1. The molecule has 3 rings (SSSR count). The van der Waals surface area contributed by atoms with Gasteiger partial charge in [-0.2, -0.15) is 0 Å². The zero-order valence-electron chi connectivity index (χ0n) is 12.4. The number of nitrogens with one attached hydrogen (secondary N) is 1. The topological polar surface area (TPSA) is 78.8 Å². The summed E-state index contributed by atoms with van der Waals surface area (Å²) in [5.74, 6) is 0.212. The molecular weight excluding hydrogens is 302 g/mol. The van der Waals surface area contributed by atoms with E-state index in [1.165, 1.54) is 6.07 Å². The highest BCUT2D eigenvalue weighted by Crippen LogP contribution is 2.23. The molecule has 1 saturated heterocycles. The fourth-order valence-corrected chi connectivity index (χ4v) is 4.10. The van der Waals surface area contributed by atoms with E-state index in [9.17, 15) is 13.2 Å². The van der Waals surface area contributed by atoms with Crippen LogP contribution in [0.4, 0.5) is 0 Å². The van der Waals surface area contributed by atoms with E-state index >= 15 is 0 Å². The van der Waals surface area contributed by atoms with Gasteiger partial charge < -0.3 is 4.90 Å². The van der Waals surface area contributed by atoms with E-state index in [1.54, 1.807) is 25.1 Å². The number of hydrogen-bond acceptors (Lipinski definition) is 4. The van der Waals surface area contributed by atoms with E-state index in [1.807, 2.05) is 4.90 Å². The Balaban J connectivity index is 1.85. The number of sulfonamides is 1. The molecule has 1 atom stereocenters. The second-order valence-corrected chi connectivity index (χ2v) is 7.29. The van der Waals surface area contributed by atoms with E-state index in [-0.39, 0.29) is 16.6 Å². The Morgan fingerprint density at radius 3 is 2.64 bits per heavy atom. The molecule has 2 aliphatic rings. The van der Waals surface area contributed by atoms with Crippen LogP contribution >= 0.6 is 0 Å². The van der Waals surface area contributed by atoms with E-state index in [4.69, 9.17) is 0 Å². The van der Waals surface area contributed by atoms with Gasteiger partial charge in [-0.25, -0.2) is 8.42 Å². The number of nitrogens with zero attached hydrogens (tertiary/aromatic N) is 2. The number of amides is 1. The van der Waals surface area contributed by atoms with Crippen LogP contribution in [-0.4, -0.2) is 44.2 Å². The van der Waals surface area contributed by atoms with Gasteiger partial charge in [0.05, 0.1) is 4.90 Å². The van der Waals surface area contributed by atoms with Crippen molar-refractivity contribution in [2.75, 3.05) is 13.1 Å². The smallest absolute Gasteiger partial charge is 0.263 e. The summed E-state index contributed by atoms with van der Waals surface area (Å²) in [4.78, 5) is 18.8. The minimum atomic E-state index is -3.56. The van der Waals surface area contributed by atoms with Crippen molar-refractivity contribution in [3.05, 3.63) is 29.8 Å². The molecule has 0 radical (unpaired) electrons. The molecule has 1 fully saturated rings. The fourth-order valence-electron chi connectivity index (χ4n) is 2.86. The first-order chi connectivity index (χ1) is 10.5. The molecule has 0 unspecified atom stereocenters. The summed E-state index contributed by atoms with van der Waals surface area (Å²) in [6.07, 6.45) is 3.19. The maximum atomic E-state index is 12.4. The molecule has 2 heterocycles. The number of rotatable bonds is 2.